The van der Waals surface area contributed by atoms with E-state index in [1.165, 1.54) is 4.90 Å². The Hall–Kier alpha value is -0.800. The van der Waals surface area contributed by atoms with Gasteiger partial charge in [-0.05, 0) is 20.8 Å². The highest BCUT2D eigenvalue weighted by molar-refractivity contribution is 5.68. The molecule has 0 aliphatic carbocycles. The van der Waals surface area contributed by atoms with E-state index in [0.717, 1.165) is 0 Å². The van der Waals surface area contributed by atoms with Gasteiger partial charge in [-0.25, -0.2) is 9.18 Å². The van der Waals surface area contributed by atoms with E-state index < -0.39 is 17.9 Å². The number of carbonyl (C=O) groups is 1. The van der Waals surface area contributed by atoms with Crippen LogP contribution in [0.1, 0.15) is 27.7 Å². The van der Waals surface area contributed by atoms with E-state index in [0.29, 0.717) is 6.54 Å². The summed E-state index contributed by atoms with van der Waals surface area (Å²) in [4.78, 5) is 12.9. The molecule has 1 aliphatic rings. The predicted molar refractivity (Wildman–Crippen MR) is 51.9 cm³/mol. The predicted octanol–water partition coefficient (Wildman–Crippen LogP) is 2.21. The summed E-state index contributed by atoms with van der Waals surface area (Å²) in [5.41, 5.74) is -0.505. The molecule has 3 nitrogen and oxygen atoms in total. The fourth-order valence-electron chi connectivity index (χ4n) is 1.40. The second kappa shape index (κ2) is 3.75. The van der Waals surface area contributed by atoms with Crippen LogP contribution in [0, 0.1) is 5.92 Å². The molecular formula is C10H18FNO2. The third-order valence-electron chi connectivity index (χ3n) is 2.17. The van der Waals surface area contributed by atoms with E-state index in [9.17, 15) is 9.18 Å². The fraction of sp³-hybridized carbons (Fsp3) is 0.900. The largest absolute Gasteiger partial charge is 0.444 e. The van der Waals surface area contributed by atoms with Crippen LogP contribution in [0.2, 0.25) is 0 Å². The Morgan fingerprint density at radius 1 is 1.43 bits per heavy atom. The number of alkyl halides is 1. The molecule has 0 saturated carbocycles. The minimum atomic E-state index is -0.914. The number of carbonyl (C=O) groups excluding carboxylic acids is 1. The van der Waals surface area contributed by atoms with Gasteiger partial charge in [0.05, 0.1) is 6.54 Å². The van der Waals surface area contributed by atoms with Crippen molar-refractivity contribution in [2.45, 2.75) is 39.5 Å². The lowest BCUT2D eigenvalue weighted by molar-refractivity contribution is 0.0281. The Bertz CT molecular complexity index is 215. The van der Waals surface area contributed by atoms with Gasteiger partial charge in [0.25, 0.3) is 0 Å². The Balaban J connectivity index is 2.48. The molecule has 2 unspecified atom stereocenters. The summed E-state index contributed by atoms with van der Waals surface area (Å²) in [5, 5.41) is 0. The summed E-state index contributed by atoms with van der Waals surface area (Å²) in [5.74, 6) is -0.0810. The first-order valence-corrected chi connectivity index (χ1v) is 4.91. The molecule has 0 aromatic rings. The normalized spacial score (nSPS) is 27.9. The molecule has 0 N–H and O–H groups in total. The summed E-state index contributed by atoms with van der Waals surface area (Å²) >= 11 is 0. The number of nitrogens with zero attached hydrogens (tertiary/aromatic N) is 1. The van der Waals surface area contributed by atoms with Gasteiger partial charge < -0.3 is 9.64 Å². The Morgan fingerprint density at radius 2 is 2.00 bits per heavy atom. The third-order valence-corrected chi connectivity index (χ3v) is 2.17. The molecule has 1 fully saturated rings. The number of likely N-dealkylation sites (tertiary alicyclic amines) is 1. The van der Waals surface area contributed by atoms with Crippen molar-refractivity contribution >= 4 is 6.09 Å². The highest BCUT2D eigenvalue weighted by Crippen LogP contribution is 2.21. The van der Waals surface area contributed by atoms with Crippen molar-refractivity contribution in [3.8, 4) is 0 Å². The van der Waals surface area contributed by atoms with E-state index in [1.807, 2.05) is 0 Å². The molecule has 0 aromatic carbocycles. The molecule has 2 atom stereocenters. The number of hydrogen-bond donors (Lipinski definition) is 0. The van der Waals surface area contributed by atoms with Gasteiger partial charge in [-0.3, -0.25) is 0 Å². The van der Waals surface area contributed by atoms with Crippen LogP contribution in [0.25, 0.3) is 0 Å². The molecule has 0 bridgehead atoms. The van der Waals surface area contributed by atoms with Gasteiger partial charge in [0.15, 0.2) is 0 Å². The van der Waals surface area contributed by atoms with Crippen molar-refractivity contribution in [3.05, 3.63) is 0 Å². The van der Waals surface area contributed by atoms with Crippen LogP contribution in [-0.2, 0) is 4.74 Å². The Morgan fingerprint density at radius 3 is 2.36 bits per heavy atom. The first kappa shape index (κ1) is 11.3. The molecule has 0 aromatic heterocycles. The van der Waals surface area contributed by atoms with Gasteiger partial charge in [-0.2, -0.15) is 0 Å². The minimum Gasteiger partial charge on any atom is -0.444 e. The average molecular weight is 203 g/mol. The van der Waals surface area contributed by atoms with Crippen LogP contribution in [0.15, 0.2) is 0 Å². The SMILES string of the molecule is CC1CN(C(=O)OC(C)(C)C)CC1F. The summed E-state index contributed by atoms with van der Waals surface area (Å²) in [6, 6.07) is 0. The topological polar surface area (TPSA) is 29.5 Å². The maximum Gasteiger partial charge on any atom is 0.410 e. The van der Waals surface area contributed by atoms with Gasteiger partial charge in [0.1, 0.15) is 11.8 Å². The molecular weight excluding hydrogens is 185 g/mol. The van der Waals surface area contributed by atoms with Crippen LogP contribution >= 0.6 is 0 Å². The fourth-order valence-corrected chi connectivity index (χ4v) is 1.40. The molecule has 14 heavy (non-hydrogen) atoms. The van der Waals surface area contributed by atoms with Crippen LogP contribution in [0.4, 0.5) is 9.18 Å². The summed E-state index contributed by atoms with van der Waals surface area (Å²) in [7, 11) is 0. The van der Waals surface area contributed by atoms with Crippen molar-refractivity contribution in [1.29, 1.82) is 0 Å². The van der Waals surface area contributed by atoms with E-state index in [1.54, 1.807) is 27.7 Å². The van der Waals surface area contributed by atoms with Gasteiger partial charge in [-0.1, -0.05) is 6.92 Å². The number of halogens is 1. The van der Waals surface area contributed by atoms with Crippen LogP contribution in [0.3, 0.4) is 0 Å². The van der Waals surface area contributed by atoms with Gasteiger partial charge in [-0.15, -0.1) is 0 Å². The highest BCUT2D eigenvalue weighted by atomic mass is 19.1. The van der Waals surface area contributed by atoms with E-state index in [-0.39, 0.29) is 12.5 Å². The molecule has 0 radical (unpaired) electrons. The van der Waals surface area contributed by atoms with E-state index >= 15 is 0 Å². The zero-order chi connectivity index (χ0) is 10.9. The maximum atomic E-state index is 13.1. The first-order chi connectivity index (χ1) is 6.29. The van der Waals surface area contributed by atoms with Gasteiger partial charge in [0, 0.05) is 12.5 Å². The maximum absolute atomic E-state index is 13.1. The molecule has 0 spiro atoms. The third kappa shape index (κ3) is 2.86. The quantitative estimate of drug-likeness (QED) is 0.604. The monoisotopic (exact) mass is 203 g/mol. The molecule has 1 saturated heterocycles. The van der Waals surface area contributed by atoms with Crippen molar-refractivity contribution in [2.75, 3.05) is 13.1 Å². The molecule has 1 rings (SSSR count). The number of rotatable bonds is 0. The molecule has 4 heteroatoms. The first-order valence-electron chi connectivity index (χ1n) is 4.91. The molecule has 1 amide bonds. The van der Waals surface area contributed by atoms with Crippen LogP contribution in [-0.4, -0.2) is 35.9 Å². The Labute approximate surface area is 84.2 Å². The zero-order valence-electron chi connectivity index (χ0n) is 9.21. The standard InChI is InChI=1S/C10H18FNO2/c1-7-5-12(6-8(7)11)9(13)14-10(2,3)4/h7-8H,5-6H2,1-4H3. The van der Waals surface area contributed by atoms with Crippen molar-refractivity contribution in [1.82, 2.24) is 4.90 Å². The molecule has 82 valence electrons. The molecule has 1 heterocycles. The zero-order valence-corrected chi connectivity index (χ0v) is 9.21. The average Bonchev–Trinajstić information content (AvgIpc) is 2.28. The summed E-state index contributed by atoms with van der Waals surface area (Å²) in [6.07, 6.45) is -1.33. The summed E-state index contributed by atoms with van der Waals surface area (Å²) < 4.78 is 18.2. The molecule has 1 aliphatic heterocycles. The smallest absolute Gasteiger partial charge is 0.410 e. The lowest BCUT2D eigenvalue weighted by Crippen LogP contribution is -2.35. The van der Waals surface area contributed by atoms with E-state index in [4.69, 9.17) is 4.74 Å². The van der Waals surface area contributed by atoms with Crippen molar-refractivity contribution in [2.24, 2.45) is 5.92 Å². The number of amides is 1. The van der Waals surface area contributed by atoms with Crippen molar-refractivity contribution < 1.29 is 13.9 Å². The minimum absolute atomic E-state index is 0.0810. The van der Waals surface area contributed by atoms with Crippen LogP contribution in [0.5, 0.6) is 0 Å². The van der Waals surface area contributed by atoms with Gasteiger partial charge >= 0.3 is 6.09 Å². The van der Waals surface area contributed by atoms with Crippen molar-refractivity contribution in [3.63, 3.8) is 0 Å². The summed E-state index contributed by atoms with van der Waals surface area (Å²) in [6.45, 7) is 7.83. The number of ether oxygens (including phenoxy) is 1. The second-order valence-corrected chi connectivity index (χ2v) is 4.88. The van der Waals surface area contributed by atoms with E-state index in [2.05, 4.69) is 0 Å². The highest BCUT2D eigenvalue weighted by Gasteiger charge is 2.34. The Kier molecular flexibility index (Phi) is 3.02. The lowest BCUT2D eigenvalue weighted by atomic mass is 10.1. The number of hydrogen-bond acceptors (Lipinski definition) is 2. The second-order valence-electron chi connectivity index (χ2n) is 4.88. The lowest BCUT2D eigenvalue weighted by Gasteiger charge is -2.24. The van der Waals surface area contributed by atoms with Gasteiger partial charge in [0.2, 0.25) is 0 Å². The van der Waals surface area contributed by atoms with Crippen LogP contribution < -0.4 is 0 Å².